The van der Waals surface area contributed by atoms with E-state index in [2.05, 4.69) is 26.2 Å². The molecule has 2 aliphatic heterocycles. The lowest BCUT2D eigenvalue weighted by Crippen LogP contribution is -2.51. The van der Waals surface area contributed by atoms with E-state index in [1.54, 1.807) is 17.0 Å². The Labute approximate surface area is 199 Å². The third kappa shape index (κ3) is 4.23. The standard InChI is InChI=1S/C23H27N3O6S2/c1-23(2,3)18-12-10-16(11-13-18)22(28)25-14-6-7-17(15-25)21(27)24-26-33(29,30)19-8-4-5-9-20(19)34(26,31)32/h4-5,8-13,17H,6-7,14-15H2,1-3H3,(H,24,27)/t17-/m0/s1. The molecule has 0 spiro atoms. The average molecular weight is 506 g/mol. The summed E-state index contributed by atoms with van der Waals surface area (Å²) in [5.41, 5.74) is 3.62. The van der Waals surface area contributed by atoms with E-state index < -0.39 is 31.9 Å². The Hall–Kier alpha value is -2.76. The number of sulfonamides is 2. The van der Waals surface area contributed by atoms with Crippen LogP contribution >= 0.6 is 0 Å². The largest absolute Gasteiger partial charge is 0.338 e. The van der Waals surface area contributed by atoms with Crippen LogP contribution in [0.3, 0.4) is 0 Å². The van der Waals surface area contributed by atoms with Crippen molar-refractivity contribution in [2.24, 2.45) is 5.92 Å². The van der Waals surface area contributed by atoms with Crippen molar-refractivity contribution in [2.45, 2.75) is 48.8 Å². The van der Waals surface area contributed by atoms with Crippen LogP contribution in [0, 0.1) is 5.92 Å². The molecular weight excluding hydrogens is 478 g/mol. The summed E-state index contributed by atoms with van der Waals surface area (Å²) >= 11 is 0. The van der Waals surface area contributed by atoms with Crippen LogP contribution in [0.15, 0.2) is 58.3 Å². The van der Waals surface area contributed by atoms with Gasteiger partial charge in [0, 0.05) is 22.5 Å². The lowest BCUT2D eigenvalue weighted by Gasteiger charge is -2.32. The molecule has 1 fully saturated rings. The van der Waals surface area contributed by atoms with Crippen molar-refractivity contribution in [1.29, 1.82) is 0 Å². The molecule has 2 amide bonds. The maximum absolute atomic E-state index is 13.0. The highest BCUT2D eigenvalue weighted by molar-refractivity contribution is 8.06. The van der Waals surface area contributed by atoms with E-state index in [-0.39, 0.29) is 31.5 Å². The lowest BCUT2D eigenvalue weighted by molar-refractivity contribution is -0.128. The van der Waals surface area contributed by atoms with Gasteiger partial charge in [-0.25, -0.2) is 16.8 Å². The maximum atomic E-state index is 13.0. The number of hydrogen-bond acceptors (Lipinski definition) is 6. The van der Waals surface area contributed by atoms with Crippen LogP contribution in [-0.2, 0) is 30.3 Å². The molecule has 182 valence electrons. The molecule has 2 aliphatic rings. The monoisotopic (exact) mass is 505 g/mol. The molecule has 0 radical (unpaired) electrons. The zero-order valence-electron chi connectivity index (χ0n) is 19.2. The fourth-order valence-corrected chi connectivity index (χ4v) is 8.23. The normalized spacial score (nSPS) is 21.6. The summed E-state index contributed by atoms with van der Waals surface area (Å²) in [4.78, 5) is 26.7. The predicted octanol–water partition coefficient (Wildman–Crippen LogP) is 2.26. The van der Waals surface area contributed by atoms with Gasteiger partial charge in [0.1, 0.15) is 9.79 Å². The molecule has 1 atom stereocenters. The summed E-state index contributed by atoms with van der Waals surface area (Å²) in [6.07, 6.45) is 0.934. The molecule has 2 aromatic rings. The number of nitrogens with one attached hydrogen (secondary N) is 1. The van der Waals surface area contributed by atoms with Crippen molar-refractivity contribution in [2.75, 3.05) is 13.1 Å². The molecule has 2 aromatic carbocycles. The van der Waals surface area contributed by atoms with Crippen LogP contribution in [0.2, 0.25) is 0 Å². The fourth-order valence-electron chi connectivity index (χ4n) is 4.16. The highest BCUT2D eigenvalue weighted by atomic mass is 32.3. The molecule has 1 saturated heterocycles. The first kappa shape index (κ1) is 24.4. The summed E-state index contributed by atoms with van der Waals surface area (Å²) in [6, 6.07) is 12.5. The molecule has 9 nitrogen and oxygen atoms in total. The molecular formula is C23H27N3O6S2. The SMILES string of the molecule is CC(C)(C)c1ccc(C(=O)N2CCC[C@H](C(=O)NN3S(=O)(=O)c4ccccc4S3(=O)=O)C2)cc1. The number of hydrazine groups is 1. The molecule has 0 aliphatic carbocycles. The summed E-state index contributed by atoms with van der Waals surface area (Å²) < 4.78 is 51.0. The van der Waals surface area contributed by atoms with Gasteiger partial charge in [-0.15, -0.1) is 0 Å². The first-order valence-corrected chi connectivity index (χ1v) is 13.8. The van der Waals surface area contributed by atoms with Gasteiger partial charge >= 0.3 is 0 Å². The van der Waals surface area contributed by atoms with E-state index in [0.29, 0.717) is 24.9 Å². The lowest BCUT2D eigenvalue weighted by atomic mass is 9.86. The molecule has 0 saturated carbocycles. The van der Waals surface area contributed by atoms with E-state index >= 15 is 0 Å². The Bertz CT molecular complexity index is 1290. The third-order valence-electron chi connectivity index (χ3n) is 6.12. The van der Waals surface area contributed by atoms with Crippen LogP contribution in [-0.4, -0.2) is 50.5 Å². The molecule has 11 heteroatoms. The smallest absolute Gasteiger partial charge is 0.275 e. The average Bonchev–Trinajstić information content (AvgIpc) is 2.95. The van der Waals surface area contributed by atoms with E-state index in [1.807, 2.05) is 12.1 Å². The Balaban J connectivity index is 1.49. The first-order valence-electron chi connectivity index (χ1n) is 10.9. The summed E-state index contributed by atoms with van der Waals surface area (Å²) in [6.45, 7) is 6.76. The Morgan fingerprint density at radius 1 is 0.912 bits per heavy atom. The minimum absolute atomic E-state index is 0.0407. The molecule has 34 heavy (non-hydrogen) atoms. The van der Waals surface area contributed by atoms with Crippen LogP contribution in [0.4, 0.5) is 0 Å². The zero-order valence-corrected chi connectivity index (χ0v) is 20.8. The number of carbonyl (C=O) groups is 2. The molecule has 4 rings (SSSR count). The van der Waals surface area contributed by atoms with Gasteiger partial charge in [-0.3, -0.25) is 15.0 Å². The van der Waals surface area contributed by atoms with Crippen molar-refractivity contribution in [3.63, 3.8) is 0 Å². The van der Waals surface area contributed by atoms with Crippen LogP contribution in [0.1, 0.15) is 49.5 Å². The maximum Gasteiger partial charge on any atom is 0.275 e. The van der Waals surface area contributed by atoms with Crippen molar-refractivity contribution in [3.8, 4) is 0 Å². The second kappa shape index (κ2) is 8.47. The highest BCUT2D eigenvalue weighted by Crippen LogP contribution is 2.35. The quantitative estimate of drug-likeness (QED) is 0.683. The highest BCUT2D eigenvalue weighted by Gasteiger charge is 2.49. The number of amides is 2. The Morgan fingerprint density at radius 3 is 2.00 bits per heavy atom. The first-order chi connectivity index (χ1) is 15.8. The van der Waals surface area contributed by atoms with Gasteiger partial charge in [0.25, 0.3) is 26.0 Å². The number of carbonyl (C=O) groups excluding carboxylic acids is 2. The van der Waals surface area contributed by atoms with Gasteiger partial charge in [0.05, 0.1) is 5.92 Å². The molecule has 2 heterocycles. The minimum atomic E-state index is -4.44. The van der Waals surface area contributed by atoms with E-state index in [1.165, 1.54) is 24.3 Å². The van der Waals surface area contributed by atoms with Crippen molar-refractivity contribution < 1.29 is 26.4 Å². The van der Waals surface area contributed by atoms with Gasteiger partial charge in [0.15, 0.2) is 0 Å². The number of nitrogens with zero attached hydrogens (tertiary/aromatic N) is 2. The number of benzene rings is 2. The fraction of sp³-hybridized carbons (Fsp3) is 0.391. The number of piperidine rings is 1. The van der Waals surface area contributed by atoms with E-state index in [4.69, 9.17) is 0 Å². The van der Waals surface area contributed by atoms with E-state index in [0.717, 1.165) is 5.56 Å². The number of likely N-dealkylation sites (tertiary alicyclic amines) is 1. The van der Waals surface area contributed by atoms with Crippen molar-refractivity contribution in [1.82, 2.24) is 14.1 Å². The minimum Gasteiger partial charge on any atom is -0.338 e. The summed E-state index contributed by atoms with van der Waals surface area (Å²) in [7, 11) is -8.89. The summed E-state index contributed by atoms with van der Waals surface area (Å²) in [5, 5.41) is 0. The van der Waals surface area contributed by atoms with Gasteiger partial charge in [-0.2, -0.15) is 0 Å². The van der Waals surface area contributed by atoms with Crippen molar-refractivity contribution in [3.05, 3.63) is 59.7 Å². The van der Waals surface area contributed by atoms with Crippen LogP contribution in [0.25, 0.3) is 0 Å². The van der Waals surface area contributed by atoms with Crippen LogP contribution < -0.4 is 5.43 Å². The molecule has 1 N–H and O–H groups in total. The zero-order chi connectivity index (χ0) is 24.9. The predicted molar refractivity (Wildman–Crippen MR) is 125 cm³/mol. The van der Waals surface area contributed by atoms with Gasteiger partial charge in [-0.1, -0.05) is 45.0 Å². The van der Waals surface area contributed by atoms with Crippen molar-refractivity contribution >= 4 is 31.9 Å². The number of rotatable bonds is 3. The Morgan fingerprint density at radius 2 is 1.47 bits per heavy atom. The molecule has 0 aromatic heterocycles. The van der Waals surface area contributed by atoms with Gasteiger partial charge in [-0.05, 0) is 48.1 Å². The number of hydrogen-bond donors (Lipinski definition) is 1. The topological polar surface area (TPSA) is 121 Å². The Kier molecular flexibility index (Phi) is 6.07. The second-order valence-electron chi connectivity index (χ2n) is 9.55. The molecule has 0 bridgehead atoms. The number of fused-ring (bicyclic) bond motifs is 1. The van der Waals surface area contributed by atoms with Crippen LogP contribution in [0.5, 0.6) is 0 Å². The van der Waals surface area contributed by atoms with E-state index in [9.17, 15) is 26.4 Å². The van der Waals surface area contributed by atoms with Gasteiger partial charge in [0.2, 0.25) is 5.91 Å². The second-order valence-corrected chi connectivity index (χ2v) is 13.3. The van der Waals surface area contributed by atoms with Gasteiger partial charge < -0.3 is 4.90 Å². The third-order valence-corrected chi connectivity index (χ3v) is 10.3. The summed E-state index contributed by atoms with van der Waals surface area (Å²) in [5.74, 6) is -1.74. The molecule has 0 unspecified atom stereocenters.